The summed E-state index contributed by atoms with van der Waals surface area (Å²) < 4.78 is 0. The van der Waals surface area contributed by atoms with Gasteiger partial charge in [0.05, 0.1) is 0 Å². The zero-order chi connectivity index (χ0) is 11.9. The summed E-state index contributed by atoms with van der Waals surface area (Å²) in [7, 11) is 0. The van der Waals surface area contributed by atoms with Crippen LogP contribution in [0.25, 0.3) is 0 Å². The molecule has 0 heterocycles. The predicted octanol–water partition coefficient (Wildman–Crippen LogP) is 4.06. The molecule has 0 aromatic heterocycles. The molecule has 0 saturated carbocycles. The van der Waals surface area contributed by atoms with Gasteiger partial charge in [-0.25, -0.2) is 0 Å². The highest BCUT2D eigenvalue weighted by Crippen LogP contribution is 2.27. The Labute approximate surface area is 123 Å². The first-order valence-corrected chi connectivity index (χ1v) is 14.0. The molecule has 1 aromatic rings. The molecule has 0 nitrogen and oxygen atoms in total. The van der Waals surface area contributed by atoms with E-state index in [0.29, 0.717) is 15.4 Å². The maximum absolute atomic E-state index is 5.95. The Morgan fingerprint density at radius 1 is 0.800 bits per heavy atom. The Morgan fingerprint density at radius 2 is 1.33 bits per heavy atom. The van der Waals surface area contributed by atoms with Crippen LogP contribution in [0.1, 0.15) is 0 Å². The summed E-state index contributed by atoms with van der Waals surface area (Å²) in [5.41, 5.74) is 0. The standard InChI is InChI=1S/C6H3Cl7Si2/c7-4-2-1-3-5(14(8,9)10)6(4)15(11,12)13/h1-3H. The van der Waals surface area contributed by atoms with Crippen molar-refractivity contribution in [1.29, 1.82) is 0 Å². The molecule has 9 heteroatoms. The van der Waals surface area contributed by atoms with Gasteiger partial charge in [0, 0.05) is 10.2 Å². The molecule has 1 rings (SSSR count). The lowest BCUT2D eigenvalue weighted by atomic mass is 10.4. The molecule has 0 unspecified atom stereocenters. The van der Waals surface area contributed by atoms with Crippen LogP contribution in [0.2, 0.25) is 5.02 Å². The van der Waals surface area contributed by atoms with E-state index in [9.17, 15) is 0 Å². The number of hydrogen-bond acceptors (Lipinski definition) is 0. The van der Waals surface area contributed by atoms with Crippen LogP contribution in [0, 0.1) is 0 Å². The smallest absolute Gasteiger partial charge is 0.121 e. The van der Waals surface area contributed by atoms with Crippen LogP contribution in [0.5, 0.6) is 0 Å². The minimum Gasteiger partial charge on any atom is -0.121 e. The van der Waals surface area contributed by atoms with Crippen molar-refractivity contribution in [3.05, 3.63) is 23.2 Å². The molecule has 0 atom stereocenters. The third-order valence-corrected chi connectivity index (χ3v) is 7.99. The van der Waals surface area contributed by atoms with Crippen molar-refractivity contribution in [2.24, 2.45) is 0 Å². The van der Waals surface area contributed by atoms with E-state index in [-0.39, 0.29) is 0 Å². The minimum absolute atomic E-state index is 0.331. The quantitative estimate of drug-likeness (QED) is 0.537. The summed E-state index contributed by atoms with van der Waals surface area (Å²) in [5, 5.41) is 1.16. The van der Waals surface area contributed by atoms with E-state index >= 15 is 0 Å². The van der Waals surface area contributed by atoms with Crippen molar-refractivity contribution in [2.75, 3.05) is 0 Å². The average molecular weight is 379 g/mol. The van der Waals surface area contributed by atoms with Crippen molar-refractivity contribution in [3.63, 3.8) is 0 Å². The molecule has 0 bridgehead atoms. The Balaban J connectivity index is 3.48. The second-order valence-electron chi connectivity index (χ2n) is 2.66. The van der Waals surface area contributed by atoms with E-state index in [1.165, 1.54) is 0 Å². The van der Waals surface area contributed by atoms with E-state index in [4.69, 9.17) is 78.1 Å². The third kappa shape index (κ3) is 3.83. The molecular weight excluding hydrogens is 376 g/mol. The zero-order valence-corrected chi connectivity index (χ0v) is 14.2. The first kappa shape index (κ1) is 14.7. The molecule has 0 aliphatic carbocycles. The van der Waals surface area contributed by atoms with Crippen LogP contribution in [0.4, 0.5) is 0 Å². The van der Waals surface area contributed by atoms with E-state index in [1.54, 1.807) is 18.2 Å². The van der Waals surface area contributed by atoms with E-state index in [1.807, 2.05) is 0 Å². The lowest BCUT2D eigenvalue weighted by Crippen LogP contribution is -2.51. The molecule has 1 aromatic carbocycles. The molecule has 0 amide bonds. The van der Waals surface area contributed by atoms with Crippen molar-refractivity contribution >= 4 is 100 Å². The number of hydrogen-bond donors (Lipinski definition) is 0. The monoisotopic (exact) mass is 376 g/mol. The maximum Gasteiger partial charge on any atom is 0.374 e. The second-order valence-corrected chi connectivity index (χ2v) is 19.8. The van der Waals surface area contributed by atoms with Gasteiger partial charge in [0.1, 0.15) is 0 Å². The first-order valence-electron chi connectivity index (χ1n) is 3.57. The van der Waals surface area contributed by atoms with Crippen LogP contribution >= 0.6 is 78.1 Å². The molecule has 84 valence electrons. The number of halogens is 7. The van der Waals surface area contributed by atoms with Crippen LogP contribution < -0.4 is 10.4 Å². The Kier molecular flexibility index (Phi) is 5.04. The van der Waals surface area contributed by atoms with Gasteiger partial charge in [-0.3, -0.25) is 0 Å². The lowest BCUT2D eigenvalue weighted by Gasteiger charge is -2.19. The Morgan fingerprint density at radius 3 is 1.67 bits per heavy atom. The fraction of sp³-hybridized carbons (Fsp3) is 0. The van der Waals surface area contributed by atoms with Crippen molar-refractivity contribution < 1.29 is 0 Å². The first-order chi connectivity index (χ1) is 6.64. The summed E-state index contributed by atoms with van der Waals surface area (Å²) in [5.74, 6) is 0. The van der Waals surface area contributed by atoms with E-state index < -0.39 is 12.0 Å². The SMILES string of the molecule is Clc1cccc([Si](Cl)(Cl)Cl)c1[Si](Cl)(Cl)Cl. The Hall–Kier alpha value is 1.68. The van der Waals surface area contributed by atoms with Gasteiger partial charge in [-0.2, -0.15) is 0 Å². The fourth-order valence-corrected chi connectivity index (χ4v) is 9.41. The largest absolute Gasteiger partial charge is 0.374 e. The van der Waals surface area contributed by atoms with E-state index in [0.717, 1.165) is 0 Å². The van der Waals surface area contributed by atoms with Crippen molar-refractivity contribution in [3.8, 4) is 0 Å². The topological polar surface area (TPSA) is 0 Å². The number of rotatable bonds is 2. The number of benzene rings is 1. The molecule has 0 aliphatic rings. The third-order valence-electron chi connectivity index (χ3n) is 1.60. The summed E-state index contributed by atoms with van der Waals surface area (Å²) in [6.07, 6.45) is 0. The van der Waals surface area contributed by atoms with Gasteiger partial charge in [-0.15, -0.1) is 66.5 Å². The van der Waals surface area contributed by atoms with Crippen LogP contribution in [-0.4, -0.2) is 12.0 Å². The highest BCUT2D eigenvalue weighted by molar-refractivity contribution is 7.73. The van der Waals surface area contributed by atoms with Gasteiger partial charge >= 0.3 is 12.0 Å². The maximum atomic E-state index is 5.95. The van der Waals surface area contributed by atoms with Gasteiger partial charge in [0.15, 0.2) is 0 Å². The molecule has 0 aliphatic heterocycles. The highest BCUT2D eigenvalue weighted by atomic mass is 35.8. The zero-order valence-electron chi connectivity index (χ0n) is 6.88. The summed E-state index contributed by atoms with van der Waals surface area (Å²) in [4.78, 5) is 0. The predicted molar refractivity (Wildman–Crippen MR) is 77.3 cm³/mol. The molecule has 0 N–H and O–H groups in total. The van der Waals surface area contributed by atoms with Gasteiger partial charge in [0.2, 0.25) is 0 Å². The fourth-order valence-electron chi connectivity index (χ4n) is 1.05. The van der Waals surface area contributed by atoms with Crippen LogP contribution in [0.3, 0.4) is 0 Å². The van der Waals surface area contributed by atoms with Crippen LogP contribution in [-0.2, 0) is 0 Å². The van der Waals surface area contributed by atoms with E-state index in [2.05, 4.69) is 0 Å². The van der Waals surface area contributed by atoms with Crippen molar-refractivity contribution in [2.45, 2.75) is 0 Å². The van der Waals surface area contributed by atoms with Crippen molar-refractivity contribution in [1.82, 2.24) is 0 Å². The summed E-state index contributed by atoms with van der Waals surface area (Å²) in [6.45, 7) is 0. The molecule has 0 spiro atoms. The van der Waals surface area contributed by atoms with Gasteiger partial charge in [-0.1, -0.05) is 23.7 Å². The molecular formula is C6H3Cl7Si2. The second kappa shape index (κ2) is 5.13. The van der Waals surface area contributed by atoms with Gasteiger partial charge < -0.3 is 0 Å². The van der Waals surface area contributed by atoms with Gasteiger partial charge in [-0.05, 0) is 11.3 Å². The summed E-state index contributed by atoms with van der Waals surface area (Å²) >= 11 is 41.4. The molecule has 0 fully saturated rings. The van der Waals surface area contributed by atoms with Gasteiger partial charge in [0.25, 0.3) is 0 Å². The lowest BCUT2D eigenvalue weighted by molar-refractivity contribution is 1.81. The summed E-state index contributed by atoms with van der Waals surface area (Å²) in [6, 6.07) is -1.36. The molecule has 0 radical (unpaired) electrons. The molecule has 0 saturated heterocycles. The normalized spacial score (nSPS) is 13.0. The minimum atomic E-state index is -3.17. The molecule has 15 heavy (non-hydrogen) atoms. The Bertz CT molecular complexity index is 367. The highest BCUT2D eigenvalue weighted by Gasteiger charge is 2.40. The average Bonchev–Trinajstić information content (AvgIpc) is 1.99. The van der Waals surface area contributed by atoms with Crippen LogP contribution in [0.15, 0.2) is 18.2 Å².